The number of carbonyl (C=O) groups excluding carboxylic acids is 1. The SMILES string of the molecule is O=C(NNC1CCC1)c1nn(-c2cnccn2)c2c1C[C@H]1C[C@@H]21. The van der Waals surface area contributed by atoms with Crippen molar-refractivity contribution in [1.82, 2.24) is 30.6 Å². The van der Waals surface area contributed by atoms with Gasteiger partial charge in [-0.3, -0.25) is 15.2 Å². The van der Waals surface area contributed by atoms with Crippen LogP contribution in [0.25, 0.3) is 5.82 Å². The van der Waals surface area contributed by atoms with Crippen LogP contribution in [0.5, 0.6) is 0 Å². The van der Waals surface area contributed by atoms with Gasteiger partial charge in [-0.1, -0.05) is 6.42 Å². The molecule has 2 saturated carbocycles. The first-order valence-electron chi connectivity index (χ1n) is 8.25. The van der Waals surface area contributed by atoms with Crippen LogP contribution in [-0.4, -0.2) is 31.7 Å². The molecule has 0 radical (unpaired) electrons. The van der Waals surface area contributed by atoms with Crippen LogP contribution >= 0.6 is 0 Å². The van der Waals surface area contributed by atoms with Crippen molar-refractivity contribution in [3.8, 4) is 5.82 Å². The standard InChI is InChI=1S/C16H18N6O/c23-16(20-19-10-2-1-3-10)14-12-7-9-6-11(9)15(12)22(21-14)13-8-17-4-5-18-13/h4-5,8-11,19H,1-3,6-7H2,(H,20,23)/t9-,11-/m1/s1. The largest absolute Gasteiger partial charge is 0.286 e. The Bertz CT molecular complexity index is 766. The van der Waals surface area contributed by atoms with E-state index in [4.69, 9.17) is 0 Å². The number of carbonyl (C=O) groups is 1. The summed E-state index contributed by atoms with van der Waals surface area (Å²) >= 11 is 0. The Kier molecular flexibility index (Phi) is 2.78. The van der Waals surface area contributed by atoms with Gasteiger partial charge < -0.3 is 0 Å². The minimum absolute atomic E-state index is 0.142. The van der Waals surface area contributed by atoms with Gasteiger partial charge in [0, 0.05) is 29.9 Å². The highest BCUT2D eigenvalue weighted by Gasteiger charge is 2.50. The Morgan fingerprint density at radius 2 is 2.22 bits per heavy atom. The molecule has 5 rings (SSSR count). The zero-order chi connectivity index (χ0) is 15.4. The number of nitrogens with zero attached hydrogens (tertiary/aromatic N) is 4. The predicted molar refractivity (Wildman–Crippen MR) is 81.9 cm³/mol. The van der Waals surface area contributed by atoms with Crippen LogP contribution in [0.4, 0.5) is 0 Å². The lowest BCUT2D eigenvalue weighted by atomic mass is 9.94. The third-order valence-corrected chi connectivity index (χ3v) is 5.24. The fourth-order valence-electron chi connectivity index (χ4n) is 3.65. The molecule has 2 atom stereocenters. The van der Waals surface area contributed by atoms with Gasteiger partial charge in [-0.2, -0.15) is 5.10 Å². The van der Waals surface area contributed by atoms with Gasteiger partial charge in [0.1, 0.15) is 0 Å². The quantitative estimate of drug-likeness (QED) is 0.826. The molecule has 2 aromatic heterocycles. The van der Waals surface area contributed by atoms with Crippen molar-refractivity contribution >= 4 is 5.91 Å². The molecule has 0 aromatic carbocycles. The molecule has 3 aliphatic rings. The van der Waals surface area contributed by atoms with E-state index < -0.39 is 0 Å². The Morgan fingerprint density at radius 3 is 2.96 bits per heavy atom. The highest BCUT2D eigenvalue weighted by molar-refractivity contribution is 5.94. The maximum atomic E-state index is 12.5. The average molecular weight is 310 g/mol. The summed E-state index contributed by atoms with van der Waals surface area (Å²) in [5.41, 5.74) is 8.70. The van der Waals surface area contributed by atoms with Crippen molar-refractivity contribution in [2.24, 2.45) is 5.92 Å². The van der Waals surface area contributed by atoms with Crippen LogP contribution in [0.15, 0.2) is 18.6 Å². The van der Waals surface area contributed by atoms with Gasteiger partial charge in [-0.05, 0) is 31.6 Å². The minimum Gasteiger partial charge on any atom is -0.286 e. The second-order valence-electron chi connectivity index (χ2n) is 6.72. The molecule has 0 aliphatic heterocycles. The maximum Gasteiger partial charge on any atom is 0.286 e. The number of fused-ring (bicyclic) bond motifs is 3. The molecule has 0 saturated heterocycles. The Hall–Kier alpha value is -2.28. The zero-order valence-electron chi connectivity index (χ0n) is 12.7. The van der Waals surface area contributed by atoms with Gasteiger partial charge in [-0.15, -0.1) is 0 Å². The van der Waals surface area contributed by atoms with Crippen LogP contribution in [0.1, 0.15) is 53.3 Å². The summed E-state index contributed by atoms with van der Waals surface area (Å²) in [6.07, 6.45) is 10.6. The van der Waals surface area contributed by atoms with E-state index in [0.29, 0.717) is 29.4 Å². The van der Waals surface area contributed by atoms with E-state index in [1.807, 2.05) is 4.68 Å². The van der Waals surface area contributed by atoms with E-state index in [2.05, 4.69) is 25.9 Å². The van der Waals surface area contributed by atoms with Gasteiger partial charge in [0.2, 0.25) is 0 Å². The number of nitrogens with one attached hydrogen (secondary N) is 2. The van der Waals surface area contributed by atoms with Gasteiger partial charge in [-0.25, -0.2) is 15.1 Å². The van der Waals surface area contributed by atoms with Crippen molar-refractivity contribution in [2.45, 2.75) is 44.1 Å². The fraction of sp³-hybridized carbons (Fsp3) is 0.500. The molecular weight excluding hydrogens is 292 g/mol. The van der Waals surface area contributed by atoms with Crippen LogP contribution in [0, 0.1) is 5.92 Å². The smallest absolute Gasteiger partial charge is 0.286 e. The molecule has 7 heteroatoms. The van der Waals surface area contributed by atoms with E-state index >= 15 is 0 Å². The Labute approximate surface area is 133 Å². The molecule has 0 unspecified atom stereocenters. The van der Waals surface area contributed by atoms with E-state index in [9.17, 15) is 4.79 Å². The summed E-state index contributed by atoms with van der Waals surface area (Å²) < 4.78 is 1.82. The second-order valence-corrected chi connectivity index (χ2v) is 6.72. The summed E-state index contributed by atoms with van der Waals surface area (Å²) in [4.78, 5) is 21.0. The third-order valence-electron chi connectivity index (χ3n) is 5.24. The Balaban J connectivity index is 1.48. The van der Waals surface area contributed by atoms with Gasteiger partial charge in [0.25, 0.3) is 5.91 Å². The number of rotatable bonds is 4. The van der Waals surface area contributed by atoms with Crippen molar-refractivity contribution in [3.63, 3.8) is 0 Å². The van der Waals surface area contributed by atoms with Crippen molar-refractivity contribution in [1.29, 1.82) is 0 Å². The summed E-state index contributed by atoms with van der Waals surface area (Å²) in [7, 11) is 0. The molecule has 0 spiro atoms. The summed E-state index contributed by atoms with van der Waals surface area (Å²) in [6, 6.07) is 0.405. The third kappa shape index (κ3) is 2.07. The number of hydrogen-bond donors (Lipinski definition) is 2. The molecular formula is C16H18N6O. The summed E-state index contributed by atoms with van der Waals surface area (Å²) in [5, 5.41) is 4.56. The number of hydrogen-bond acceptors (Lipinski definition) is 5. The lowest BCUT2D eigenvalue weighted by molar-refractivity contribution is 0.0907. The average Bonchev–Trinajstić information content (AvgIpc) is 3.03. The van der Waals surface area contributed by atoms with E-state index in [1.165, 1.54) is 12.8 Å². The van der Waals surface area contributed by atoms with Crippen molar-refractivity contribution < 1.29 is 4.79 Å². The van der Waals surface area contributed by atoms with Crippen LogP contribution in [0.2, 0.25) is 0 Å². The molecule has 1 amide bonds. The van der Waals surface area contributed by atoms with Crippen LogP contribution < -0.4 is 10.9 Å². The molecule has 2 heterocycles. The normalized spacial score (nSPS) is 24.7. The van der Waals surface area contributed by atoms with Crippen LogP contribution in [-0.2, 0) is 6.42 Å². The van der Waals surface area contributed by atoms with Crippen LogP contribution in [0.3, 0.4) is 0 Å². The number of aromatic nitrogens is 4. The highest BCUT2D eigenvalue weighted by Crippen LogP contribution is 2.57. The molecule has 7 nitrogen and oxygen atoms in total. The highest BCUT2D eigenvalue weighted by atomic mass is 16.2. The van der Waals surface area contributed by atoms with E-state index in [0.717, 1.165) is 30.5 Å². The molecule has 2 fully saturated rings. The molecule has 118 valence electrons. The molecule has 3 aliphatic carbocycles. The lowest BCUT2D eigenvalue weighted by Gasteiger charge is -2.26. The number of hydrazine groups is 1. The monoisotopic (exact) mass is 310 g/mol. The minimum atomic E-state index is -0.142. The summed E-state index contributed by atoms with van der Waals surface area (Å²) in [5.74, 6) is 1.75. The van der Waals surface area contributed by atoms with E-state index in [1.54, 1.807) is 18.6 Å². The Morgan fingerprint density at radius 1 is 1.30 bits per heavy atom. The lowest BCUT2D eigenvalue weighted by Crippen LogP contribution is -2.47. The van der Waals surface area contributed by atoms with Crippen molar-refractivity contribution in [2.75, 3.05) is 0 Å². The van der Waals surface area contributed by atoms with E-state index in [-0.39, 0.29) is 5.91 Å². The summed E-state index contributed by atoms with van der Waals surface area (Å²) in [6.45, 7) is 0. The first kappa shape index (κ1) is 13.2. The van der Waals surface area contributed by atoms with Crippen molar-refractivity contribution in [3.05, 3.63) is 35.5 Å². The van der Waals surface area contributed by atoms with Gasteiger partial charge in [0.05, 0.1) is 11.9 Å². The molecule has 0 bridgehead atoms. The number of amides is 1. The first-order valence-corrected chi connectivity index (χ1v) is 8.25. The first-order chi connectivity index (χ1) is 11.3. The maximum absolute atomic E-state index is 12.5. The molecule has 23 heavy (non-hydrogen) atoms. The fourth-order valence-corrected chi connectivity index (χ4v) is 3.65. The van der Waals surface area contributed by atoms with Gasteiger partial charge >= 0.3 is 0 Å². The topological polar surface area (TPSA) is 84.7 Å². The van der Waals surface area contributed by atoms with Gasteiger partial charge in [0.15, 0.2) is 11.5 Å². The predicted octanol–water partition coefficient (Wildman–Crippen LogP) is 1.11. The molecule has 2 N–H and O–H groups in total. The molecule has 2 aromatic rings. The second kappa shape index (κ2) is 4.86. The zero-order valence-corrected chi connectivity index (χ0v) is 12.7.